The van der Waals surface area contributed by atoms with Crippen LogP contribution in [0.15, 0.2) is 53.4 Å². The molecule has 0 unspecified atom stereocenters. The zero-order chi connectivity index (χ0) is 22.2. The number of piperidine rings is 1. The minimum atomic E-state index is -0.873. The van der Waals surface area contributed by atoms with Crippen molar-refractivity contribution in [1.29, 1.82) is 0 Å². The second-order valence-corrected chi connectivity index (χ2v) is 9.93. The van der Waals surface area contributed by atoms with Gasteiger partial charge in [-0.05, 0) is 80.8 Å². The molecular weight excluding hydrogens is 404 g/mol. The first-order valence-corrected chi connectivity index (χ1v) is 11.7. The molecule has 0 radical (unpaired) electrons. The van der Waals surface area contributed by atoms with Gasteiger partial charge in [-0.15, -0.1) is 0 Å². The summed E-state index contributed by atoms with van der Waals surface area (Å²) in [5, 5.41) is 25.3. The predicted molar refractivity (Wildman–Crippen MR) is 122 cm³/mol. The second kappa shape index (κ2) is 8.41. The second-order valence-electron chi connectivity index (χ2n) is 9.93. The first-order valence-electron chi connectivity index (χ1n) is 11.7. The Hall–Kier alpha value is -2.57. The Bertz CT molecular complexity index is 983. The van der Waals surface area contributed by atoms with Crippen LogP contribution in [0.25, 0.3) is 6.08 Å². The van der Waals surface area contributed by atoms with Crippen LogP contribution in [0.4, 0.5) is 0 Å². The molecule has 3 N–H and O–H groups in total. The Morgan fingerprint density at radius 1 is 1.25 bits per heavy atom. The molecule has 0 spiro atoms. The van der Waals surface area contributed by atoms with Crippen molar-refractivity contribution < 1.29 is 19.4 Å². The monoisotopic (exact) mass is 436 g/mol. The van der Waals surface area contributed by atoms with E-state index >= 15 is 0 Å². The predicted octanol–water partition coefficient (Wildman–Crippen LogP) is 3.45. The van der Waals surface area contributed by atoms with Gasteiger partial charge in [0.1, 0.15) is 5.75 Å². The maximum absolute atomic E-state index is 12.6. The fourth-order valence-electron chi connectivity index (χ4n) is 5.80. The highest BCUT2D eigenvalue weighted by atomic mass is 16.3. The van der Waals surface area contributed by atoms with Gasteiger partial charge < -0.3 is 24.8 Å². The van der Waals surface area contributed by atoms with Crippen LogP contribution in [0.2, 0.25) is 0 Å². The standard InChI is InChI=1S/C26H32N2O4/c29-23-3-1-2-21(14-23)25-11-12-28(16-19-4-5-19)18-26(25,31)10-8-22(15-25)27-24(30)7-6-20-9-13-32-17-20/h1-3,6-7,9,13-14,17,19,22,29,31H,4-5,8,10-12,15-16,18H2,(H,27,30)/b7-6+/t22-,25+,26+/m1/s1. The number of nitrogens with zero attached hydrogens (tertiary/aromatic N) is 1. The smallest absolute Gasteiger partial charge is 0.244 e. The molecular formula is C26H32N2O4. The minimum absolute atomic E-state index is 0.0332. The number of hydrogen-bond donors (Lipinski definition) is 3. The van der Waals surface area contributed by atoms with Crippen LogP contribution >= 0.6 is 0 Å². The third-order valence-corrected chi connectivity index (χ3v) is 7.66. The number of hydrogen-bond acceptors (Lipinski definition) is 5. The van der Waals surface area contributed by atoms with Crippen molar-refractivity contribution in [1.82, 2.24) is 10.2 Å². The number of phenolic OH excluding ortho intramolecular Hbond substituents is 1. The van der Waals surface area contributed by atoms with Gasteiger partial charge in [-0.1, -0.05) is 12.1 Å². The Kier molecular flexibility index (Phi) is 5.59. The number of benzene rings is 1. The average Bonchev–Trinajstić information content (AvgIpc) is 3.42. The third-order valence-electron chi connectivity index (χ3n) is 7.66. The van der Waals surface area contributed by atoms with Crippen molar-refractivity contribution in [2.45, 2.75) is 55.6 Å². The molecule has 3 aliphatic rings. The van der Waals surface area contributed by atoms with Gasteiger partial charge in [0.05, 0.1) is 18.1 Å². The number of nitrogens with one attached hydrogen (secondary N) is 1. The number of furan rings is 1. The van der Waals surface area contributed by atoms with Crippen molar-refractivity contribution >= 4 is 12.0 Å². The number of carbonyl (C=O) groups excluding carboxylic acids is 1. The number of fused-ring (bicyclic) bond motifs is 1. The summed E-state index contributed by atoms with van der Waals surface area (Å²) in [6.07, 6.45) is 11.9. The van der Waals surface area contributed by atoms with Gasteiger partial charge in [-0.3, -0.25) is 4.79 Å². The van der Waals surface area contributed by atoms with Crippen molar-refractivity contribution in [3.63, 3.8) is 0 Å². The van der Waals surface area contributed by atoms with Gasteiger partial charge >= 0.3 is 0 Å². The lowest BCUT2D eigenvalue weighted by atomic mass is 9.55. The lowest BCUT2D eigenvalue weighted by Crippen LogP contribution is -2.67. The molecule has 3 fully saturated rings. The maximum atomic E-state index is 12.6. The van der Waals surface area contributed by atoms with E-state index in [4.69, 9.17) is 4.42 Å². The van der Waals surface area contributed by atoms with E-state index in [-0.39, 0.29) is 17.7 Å². The van der Waals surface area contributed by atoms with Crippen LogP contribution in [0.1, 0.15) is 49.7 Å². The van der Waals surface area contributed by atoms with Gasteiger partial charge in [0.25, 0.3) is 0 Å². The van der Waals surface area contributed by atoms with Crippen molar-refractivity contribution in [3.8, 4) is 5.75 Å². The molecule has 1 aromatic carbocycles. The number of β-amino-alcohol motifs (C(OH)–C–C–N with tert-alkyl or cyclic N) is 1. The highest BCUT2D eigenvalue weighted by molar-refractivity contribution is 5.91. The summed E-state index contributed by atoms with van der Waals surface area (Å²) in [7, 11) is 0. The van der Waals surface area contributed by atoms with Gasteiger partial charge in [-0.25, -0.2) is 0 Å². The molecule has 170 valence electrons. The van der Waals surface area contributed by atoms with E-state index < -0.39 is 11.0 Å². The Balaban J connectivity index is 1.36. The van der Waals surface area contributed by atoms with Crippen LogP contribution < -0.4 is 5.32 Å². The lowest BCUT2D eigenvalue weighted by Gasteiger charge is -2.58. The number of carbonyl (C=O) groups is 1. The SMILES string of the molecule is O=C(/C=C/c1ccoc1)N[C@@H]1CC[C@]2(O)CN(CC3CC3)CC[C@@]2(c2cccc(O)c2)C1. The van der Waals surface area contributed by atoms with Crippen LogP contribution in [-0.4, -0.2) is 52.3 Å². The number of aliphatic hydroxyl groups is 1. The number of phenols is 1. The number of amides is 1. The molecule has 2 saturated carbocycles. The normalized spacial score (nSPS) is 30.8. The minimum Gasteiger partial charge on any atom is -0.508 e. The highest BCUT2D eigenvalue weighted by Gasteiger charge is 2.57. The van der Waals surface area contributed by atoms with Gasteiger partial charge in [0.15, 0.2) is 0 Å². The van der Waals surface area contributed by atoms with Crippen LogP contribution in [0.3, 0.4) is 0 Å². The summed E-state index contributed by atoms with van der Waals surface area (Å²) in [6, 6.07) is 9.11. The average molecular weight is 437 g/mol. The molecule has 6 heteroatoms. The van der Waals surface area contributed by atoms with Crippen LogP contribution in [0, 0.1) is 5.92 Å². The Morgan fingerprint density at radius 2 is 2.12 bits per heavy atom. The van der Waals surface area contributed by atoms with E-state index in [0.29, 0.717) is 19.4 Å². The molecule has 2 aromatic rings. The molecule has 0 bridgehead atoms. The molecule has 3 atom stereocenters. The number of rotatable bonds is 6. The molecule has 2 aliphatic carbocycles. The topological polar surface area (TPSA) is 85.9 Å². The summed E-state index contributed by atoms with van der Waals surface area (Å²) >= 11 is 0. The van der Waals surface area contributed by atoms with Crippen molar-refractivity contribution in [2.75, 3.05) is 19.6 Å². The molecule has 5 rings (SSSR count). The zero-order valence-corrected chi connectivity index (χ0v) is 18.4. The molecule has 6 nitrogen and oxygen atoms in total. The Labute approximate surface area is 188 Å². The first-order chi connectivity index (χ1) is 15.5. The summed E-state index contributed by atoms with van der Waals surface area (Å²) < 4.78 is 5.04. The molecule has 32 heavy (non-hydrogen) atoms. The quantitative estimate of drug-likeness (QED) is 0.604. The highest BCUT2D eigenvalue weighted by Crippen LogP contribution is 2.52. The fourth-order valence-corrected chi connectivity index (χ4v) is 5.80. The molecule has 2 heterocycles. The molecule has 1 amide bonds. The molecule has 1 aromatic heterocycles. The van der Waals surface area contributed by atoms with Crippen LogP contribution in [-0.2, 0) is 10.2 Å². The van der Waals surface area contributed by atoms with Gasteiger partial charge in [0.2, 0.25) is 5.91 Å². The Morgan fingerprint density at radius 3 is 2.88 bits per heavy atom. The van der Waals surface area contributed by atoms with Crippen molar-refractivity contribution in [2.24, 2.45) is 5.92 Å². The largest absolute Gasteiger partial charge is 0.508 e. The van der Waals surface area contributed by atoms with Gasteiger partial charge in [0, 0.05) is 36.2 Å². The summed E-state index contributed by atoms with van der Waals surface area (Å²) in [5.74, 6) is 0.859. The molecule has 1 aliphatic heterocycles. The van der Waals surface area contributed by atoms with E-state index in [2.05, 4.69) is 10.2 Å². The van der Waals surface area contributed by atoms with Crippen LogP contribution in [0.5, 0.6) is 5.75 Å². The maximum Gasteiger partial charge on any atom is 0.244 e. The number of aromatic hydroxyl groups is 1. The third kappa shape index (κ3) is 4.21. The fraction of sp³-hybridized carbons (Fsp3) is 0.500. The number of likely N-dealkylation sites (tertiary alicyclic amines) is 1. The lowest BCUT2D eigenvalue weighted by molar-refractivity contribution is -0.132. The van der Waals surface area contributed by atoms with E-state index in [9.17, 15) is 15.0 Å². The van der Waals surface area contributed by atoms with Crippen molar-refractivity contribution in [3.05, 3.63) is 60.1 Å². The molecule has 1 saturated heterocycles. The van der Waals surface area contributed by atoms with E-state index in [0.717, 1.165) is 43.0 Å². The van der Waals surface area contributed by atoms with E-state index in [1.165, 1.54) is 18.9 Å². The summed E-state index contributed by atoms with van der Waals surface area (Å²) in [5.41, 5.74) is 0.453. The zero-order valence-electron chi connectivity index (χ0n) is 18.4. The summed E-state index contributed by atoms with van der Waals surface area (Å²) in [4.78, 5) is 15.0. The summed E-state index contributed by atoms with van der Waals surface area (Å²) in [6.45, 7) is 2.65. The van der Waals surface area contributed by atoms with E-state index in [1.807, 2.05) is 12.1 Å². The first kappa shape index (κ1) is 21.3. The van der Waals surface area contributed by atoms with Gasteiger partial charge in [-0.2, -0.15) is 0 Å². The van der Waals surface area contributed by atoms with E-state index in [1.54, 1.807) is 36.8 Å².